The molecule has 0 aliphatic carbocycles. The fourth-order valence-electron chi connectivity index (χ4n) is 4.92. The Morgan fingerprint density at radius 2 is 1.55 bits per heavy atom. The molecule has 12 heteroatoms. The summed E-state index contributed by atoms with van der Waals surface area (Å²) in [5.41, 5.74) is -1.10. The average molecular weight is 590 g/mol. The quantitative estimate of drug-likeness (QED) is 0.532. The van der Waals surface area contributed by atoms with Crippen LogP contribution in [0.15, 0.2) is 30.3 Å². The maximum atomic E-state index is 13.6. The van der Waals surface area contributed by atoms with Crippen LogP contribution in [0.4, 0.5) is 14.5 Å². The number of likely N-dealkylation sites (tertiary alicyclic amines) is 2. The Labute approximate surface area is 238 Å². The SMILES string of the molecule is CN(C)C(=O)c1c(Cl)cc(NC2CN(C3CCN(C(=O)[C@@](C)(O)c4cc(F)cc(F)c4)CC3)C2)cc1Cl.S. The van der Waals surface area contributed by atoms with E-state index in [0.29, 0.717) is 29.2 Å². The summed E-state index contributed by atoms with van der Waals surface area (Å²) in [7, 11) is 3.27. The Morgan fingerprint density at radius 3 is 2.05 bits per heavy atom. The topological polar surface area (TPSA) is 76.1 Å². The normalized spacial score (nSPS) is 18.3. The van der Waals surface area contributed by atoms with Crippen molar-refractivity contribution in [1.29, 1.82) is 0 Å². The number of amides is 2. The van der Waals surface area contributed by atoms with Crippen molar-refractivity contribution in [3.63, 3.8) is 0 Å². The van der Waals surface area contributed by atoms with Crippen molar-refractivity contribution < 1.29 is 23.5 Å². The fourth-order valence-corrected chi connectivity index (χ4v) is 5.57. The summed E-state index contributed by atoms with van der Waals surface area (Å²) in [6.07, 6.45) is 1.45. The van der Waals surface area contributed by atoms with Crippen LogP contribution in [-0.2, 0) is 10.4 Å². The van der Waals surface area contributed by atoms with Gasteiger partial charge in [0.2, 0.25) is 0 Å². The van der Waals surface area contributed by atoms with Crippen LogP contribution in [0, 0.1) is 11.6 Å². The number of halogens is 4. The minimum Gasteiger partial charge on any atom is -0.380 e. The van der Waals surface area contributed by atoms with E-state index in [0.717, 1.165) is 43.8 Å². The van der Waals surface area contributed by atoms with Crippen molar-refractivity contribution in [1.82, 2.24) is 14.7 Å². The molecule has 208 valence electrons. The van der Waals surface area contributed by atoms with E-state index in [9.17, 15) is 23.5 Å². The van der Waals surface area contributed by atoms with E-state index in [2.05, 4.69) is 10.2 Å². The number of hydrogen-bond acceptors (Lipinski definition) is 5. The first-order valence-corrected chi connectivity index (χ1v) is 12.8. The molecule has 2 aliphatic rings. The maximum absolute atomic E-state index is 13.6. The Morgan fingerprint density at radius 1 is 1.03 bits per heavy atom. The molecular formula is C26H32Cl2F2N4O3S. The van der Waals surface area contributed by atoms with Crippen LogP contribution in [0.2, 0.25) is 10.0 Å². The zero-order valence-electron chi connectivity index (χ0n) is 21.4. The Balaban J connectivity index is 0.00000400. The molecule has 0 spiro atoms. The molecule has 38 heavy (non-hydrogen) atoms. The average Bonchev–Trinajstić information content (AvgIpc) is 2.79. The molecule has 2 aromatic rings. The van der Waals surface area contributed by atoms with Crippen LogP contribution in [0.25, 0.3) is 0 Å². The molecule has 0 unspecified atom stereocenters. The predicted octanol–water partition coefficient (Wildman–Crippen LogP) is 4.08. The molecule has 4 rings (SSSR count). The summed E-state index contributed by atoms with van der Waals surface area (Å²) in [4.78, 5) is 30.6. The minimum atomic E-state index is -2.02. The van der Waals surface area contributed by atoms with E-state index in [4.69, 9.17) is 23.2 Å². The molecule has 2 fully saturated rings. The molecule has 2 heterocycles. The highest BCUT2D eigenvalue weighted by Crippen LogP contribution is 2.32. The van der Waals surface area contributed by atoms with Crippen molar-refractivity contribution in [3.8, 4) is 0 Å². The van der Waals surface area contributed by atoms with E-state index in [1.165, 1.54) is 11.8 Å². The van der Waals surface area contributed by atoms with Gasteiger partial charge in [-0.15, -0.1) is 0 Å². The van der Waals surface area contributed by atoms with Gasteiger partial charge in [-0.2, -0.15) is 13.5 Å². The molecular weight excluding hydrogens is 557 g/mol. The molecule has 0 saturated carbocycles. The maximum Gasteiger partial charge on any atom is 0.258 e. The Kier molecular flexibility index (Phi) is 9.58. The Hall–Kier alpha value is -2.11. The highest BCUT2D eigenvalue weighted by Gasteiger charge is 2.40. The second kappa shape index (κ2) is 12.0. The molecule has 0 bridgehead atoms. The highest BCUT2D eigenvalue weighted by molar-refractivity contribution is 7.59. The third-order valence-corrected chi connectivity index (χ3v) is 7.65. The lowest BCUT2D eigenvalue weighted by molar-refractivity contribution is -0.152. The van der Waals surface area contributed by atoms with E-state index in [1.54, 1.807) is 31.1 Å². The summed E-state index contributed by atoms with van der Waals surface area (Å²) in [5.74, 6) is -2.51. The summed E-state index contributed by atoms with van der Waals surface area (Å²) < 4.78 is 27.2. The first-order chi connectivity index (χ1) is 17.4. The van der Waals surface area contributed by atoms with Gasteiger partial charge in [0.05, 0.1) is 21.7 Å². The molecule has 2 amide bonds. The second-order valence-electron chi connectivity index (χ2n) is 10.1. The molecule has 2 N–H and O–H groups in total. The number of aliphatic hydroxyl groups is 1. The van der Waals surface area contributed by atoms with Gasteiger partial charge in [0.1, 0.15) is 11.6 Å². The molecule has 0 radical (unpaired) electrons. The predicted molar refractivity (Wildman–Crippen MR) is 149 cm³/mol. The molecule has 0 aromatic heterocycles. The van der Waals surface area contributed by atoms with Crippen molar-refractivity contribution >= 4 is 54.2 Å². The lowest BCUT2D eigenvalue weighted by Gasteiger charge is -2.48. The molecule has 2 aromatic carbocycles. The third kappa shape index (κ3) is 6.37. The number of anilines is 1. The summed E-state index contributed by atoms with van der Waals surface area (Å²) in [6, 6.07) is 6.54. The molecule has 7 nitrogen and oxygen atoms in total. The van der Waals surface area contributed by atoms with Crippen molar-refractivity contribution in [3.05, 3.63) is 63.1 Å². The highest BCUT2D eigenvalue weighted by atomic mass is 35.5. The van der Waals surface area contributed by atoms with Crippen LogP contribution in [0.5, 0.6) is 0 Å². The van der Waals surface area contributed by atoms with E-state index in [1.807, 2.05) is 0 Å². The Bertz CT molecular complexity index is 1160. The van der Waals surface area contributed by atoms with Gasteiger partial charge in [-0.25, -0.2) is 8.78 Å². The molecule has 1 atom stereocenters. The minimum absolute atomic E-state index is 0. The van der Waals surface area contributed by atoms with Crippen LogP contribution in [0.1, 0.15) is 35.7 Å². The van der Waals surface area contributed by atoms with E-state index < -0.39 is 23.1 Å². The van der Waals surface area contributed by atoms with Gasteiger partial charge in [0.15, 0.2) is 5.60 Å². The number of benzene rings is 2. The van der Waals surface area contributed by atoms with Crippen LogP contribution >= 0.6 is 36.7 Å². The van der Waals surface area contributed by atoms with Gasteiger partial charge in [-0.3, -0.25) is 14.5 Å². The first kappa shape index (κ1) is 30.4. The van der Waals surface area contributed by atoms with Crippen LogP contribution in [-0.4, -0.2) is 84.0 Å². The van der Waals surface area contributed by atoms with Gasteiger partial charge in [-0.1, -0.05) is 23.2 Å². The second-order valence-corrected chi connectivity index (χ2v) is 10.9. The largest absolute Gasteiger partial charge is 0.380 e. The zero-order chi connectivity index (χ0) is 27.1. The third-order valence-electron chi connectivity index (χ3n) is 7.05. The number of piperidine rings is 1. The first-order valence-electron chi connectivity index (χ1n) is 12.1. The number of nitrogens with one attached hydrogen (secondary N) is 1. The standard InChI is InChI=1S/C26H30Cl2F2N4O3.H2S/c1-26(37,15-8-16(29)10-17(30)9-15)25(36)33-6-4-20(5-7-33)34-13-19(14-34)31-18-11-21(27)23(22(28)12-18)24(35)32(2)3;/h8-12,19-20,31,37H,4-7,13-14H2,1-3H3;1H2/t26-;/m0./s1. The number of rotatable bonds is 6. The number of hydrogen-bond donors (Lipinski definition) is 2. The van der Waals surface area contributed by atoms with E-state index >= 15 is 0 Å². The van der Waals surface area contributed by atoms with Crippen molar-refractivity contribution in [2.24, 2.45) is 0 Å². The summed E-state index contributed by atoms with van der Waals surface area (Å²) in [5, 5.41) is 14.8. The number of carbonyl (C=O) groups is 2. The molecule has 2 aliphatic heterocycles. The van der Waals surface area contributed by atoms with Crippen molar-refractivity contribution in [2.75, 3.05) is 45.6 Å². The van der Waals surface area contributed by atoms with Gasteiger partial charge < -0.3 is 20.2 Å². The van der Waals surface area contributed by atoms with Crippen molar-refractivity contribution in [2.45, 2.75) is 37.5 Å². The number of nitrogens with zero attached hydrogens (tertiary/aromatic N) is 3. The molecule has 2 saturated heterocycles. The van der Waals surface area contributed by atoms with Crippen LogP contribution < -0.4 is 5.32 Å². The number of carbonyl (C=O) groups excluding carboxylic acids is 2. The lowest BCUT2D eigenvalue weighted by atomic mass is 9.91. The van der Waals surface area contributed by atoms with Gasteiger partial charge >= 0.3 is 0 Å². The zero-order valence-corrected chi connectivity index (χ0v) is 23.9. The monoisotopic (exact) mass is 588 g/mol. The lowest BCUT2D eigenvalue weighted by Crippen LogP contribution is -2.61. The van der Waals surface area contributed by atoms with Gasteiger partial charge in [0.25, 0.3) is 11.8 Å². The summed E-state index contributed by atoms with van der Waals surface area (Å²) in [6.45, 7) is 3.75. The van der Waals surface area contributed by atoms with Gasteiger partial charge in [-0.05, 0) is 49.6 Å². The van der Waals surface area contributed by atoms with Crippen LogP contribution in [0.3, 0.4) is 0 Å². The smallest absolute Gasteiger partial charge is 0.258 e. The van der Waals surface area contributed by atoms with Gasteiger partial charge in [0, 0.05) is 58.1 Å². The summed E-state index contributed by atoms with van der Waals surface area (Å²) >= 11 is 12.6. The van der Waals surface area contributed by atoms with E-state index in [-0.39, 0.29) is 42.6 Å². The fraction of sp³-hybridized carbons (Fsp3) is 0.462.